The number of thiol groups is 1. The largest absolute Gasteiger partial charge is 0.491 e. The summed E-state index contributed by atoms with van der Waals surface area (Å²) in [5.74, 6) is -0.406. The van der Waals surface area contributed by atoms with Gasteiger partial charge in [0, 0.05) is 5.75 Å². The number of benzene rings is 1. The van der Waals surface area contributed by atoms with E-state index < -0.39 is 24.3 Å². The van der Waals surface area contributed by atoms with Crippen LogP contribution in [-0.4, -0.2) is 35.1 Å². The first-order chi connectivity index (χ1) is 11.0. The highest BCUT2D eigenvalue weighted by molar-refractivity contribution is 7.80. The summed E-state index contributed by atoms with van der Waals surface area (Å²) in [5, 5.41) is 9.29. The number of hydrogen-bond acceptors (Lipinski definition) is 4. The third kappa shape index (κ3) is 3.56. The monoisotopic (exact) mass is 348 g/mol. The van der Waals surface area contributed by atoms with Crippen molar-refractivity contribution >= 4 is 31.8 Å². The smallest absolute Gasteiger partial charge is 0.478 e. The van der Waals surface area contributed by atoms with Crippen LogP contribution in [0, 0.1) is 13.8 Å². The zero-order valence-corrected chi connectivity index (χ0v) is 16.0. The molecule has 0 aromatic heterocycles. The second-order valence-electron chi connectivity index (χ2n) is 7.30. The van der Waals surface area contributed by atoms with Gasteiger partial charge in [0.25, 0.3) is 0 Å². The molecule has 1 aromatic rings. The molecule has 1 fully saturated rings. The highest BCUT2D eigenvalue weighted by atomic mass is 32.1. The molecule has 6 heteroatoms. The summed E-state index contributed by atoms with van der Waals surface area (Å²) in [5.41, 5.74) is 2.86. The normalized spacial score (nSPS) is 19.6. The van der Waals surface area contributed by atoms with Crippen molar-refractivity contribution in [3.8, 4) is 0 Å². The van der Waals surface area contributed by atoms with Crippen LogP contribution in [0.4, 0.5) is 0 Å². The molecule has 0 unspecified atom stereocenters. The van der Waals surface area contributed by atoms with Crippen LogP contribution < -0.4 is 0 Å². The van der Waals surface area contributed by atoms with E-state index in [0.717, 1.165) is 22.2 Å². The maximum Gasteiger partial charge on any atom is 0.491 e. The Labute approximate surface area is 149 Å². The van der Waals surface area contributed by atoms with Gasteiger partial charge < -0.3 is 14.4 Å². The van der Waals surface area contributed by atoms with Gasteiger partial charge in [0.2, 0.25) is 0 Å². The van der Waals surface area contributed by atoms with Crippen molar-refractivity contribution in [1.29, 1.82) is 0 Å². The van der Waals surface area contributed by atoms with Crippen molar-refractivity contribution in [2.75, 3.05) is 5.75 Å². The molecular formula is C18H25BO4S. The van der Waals surface area contributed by atoms with Gasteiger partial charge >= 0.3 is 13.1 Å². The number of carbonyl (C=O) groups is 1. The van der Waals surface area contributed by atoms with Gasteiger partial charge in [-0.05, 0) is 63.7 Å². The third-order valence-electron chi connectivity index (χ3n) is 4.86. The van der Waals surface area contributed by atoms with E-state index in [0.29, 0.717) is 11.3 Å². The van der Waals surface area contributed by atoms with E-state index >= 15 is 0 Å². The Morgan fingerprint density at radius 3 is 2.00 bits per heavy atom. The van der Waals surface area contributed by atoms with Crippen molar-refractivity contribution in [2.45, 2.75) is 52.7 Å². The second-order valence-corrected chi connectivity index (χ2v) is 7.62. The number of aromatic carboxylic acids is 1. The van der Waals surface area contributed by atoms with Gasteiger partial charge in [-0.3, -0.25) is 0 Å². The van der Waals surface area contributed by atoms with Gasteiger partial charge in [-0.25, -0.2) is 4.79 Å². The standard InChI is InChI=1S/C18H25BO4S/c1-11-7-13(8-12(2)15(11)16(20)21)9-14(10-24)19-22-17(3,4)18(5,6)23-19/h7-9,24H,10H2,1-6H3,(H,20,21). The SMILES string of the molecule is Cc1cc(C=C(CS)B2OC(C)(C)C(C)(C)O2)cc(C)c1C(=O)O. The molecule has 1 saturated heterocycles. The molecule has 2 rings (SSSR count). The molecule has 0 spiro atoms. The maximum absolute atomic E-state index is 11.3. The van der Waals surface area contributed by atoms with Crippen LogP contribution in [0.5, 0.6) is 0 Å². The molecule has 0 amide bonds. The maximum atomic E-state index is 11.3. The molecule has 1 aliphatic heterocycles. The van der Waals surface area contributed by atoms with E-state index in [-0.39, 0.29) is 0 Å². The van der Waals surface area contributed by atoms with E-state index in [2.05, 4.69) is 12.6 Å². The van der Waals surface area contributed by atoms with E-state index in [4.69, 9.17) is 9.31 Å². The summed E-state index contributed by atoms with van der Waals surface area (Å²) in [7, 11) is -0.452. The summed E-state index contributed by atoms with van der Waals surface area (Å²) in [6.07, 6.45) is 1.97. The van der Waals surface area contributed by atoms with Crippen molar-refractivity contribution < 1.29 is 19.2 Å². The van der Waals surface area contributed by atoms with Gasteiger partial charge in [-0.1, -0.05) is 18.2 Å². The van der Waals surface area contributed by atoms with Crippen LogP contribution in [0.15, 0.2) is 17.6 Å². The van der Waals surface area contributed by atoms with Gasteiger partial charge in [-0.2, -0.15) is 12.6 Å². The number of carboxylic acids is 1. The highest BCUT2D eigenvalue weighted by Gasteiger charge is 2.52. The van der Waals surface area contributed by atoms with E-state index in [1.165, 1.54) is 0 Å². The van der Waals surface area contributed by atoms with Crippen LogP contribution >= 0.6 is 12.6 Å². The van der Waals surface area contributed by atoms with E-state index in [1.54, 1.807) is 0 Å². The van der Waals surface area contributed by atoms with E-state index in [9.17, 15) is 9.90 Å². The molecule has 4 nitrogen and oxygen atoms in total. The molecule has 0 atom stereocenters. The third-order valence-corrected chi connectivity index (χ3v) is 5.22. The average molecular weight is 348 g/mol. The zero-order chi connectivity index (χ0) is 18.3. The Balaban J connectivity index is 2.37. The van der Waals surface area contributed by atoms with Gasteiger partial charge in [-0.15, -0.1) is 0 Å². The minimum Gasteiger partial charge on any atom is -0.478 e. The molecule has 0 bridgehead atoms. The van der Waals surface area contributed by atoms with Crippen molar-refractivity contribution in [3.05, 3.63) is 39.9 Å². The molecule has 1 N–H and O–H groups in total. The minimum absolute atomic E-state index is 0.357. The predicted octanol–water partition coefficient (Wildman–Crippen LogP) is 3.95. The molecule has 1 aliphatic rings. The van der Waals surface area contributed by atoms with E-state index in [1.807, 2.05) is 59.8 Å². The van der Waals surface area contributed by atoms with Crippen LogP contribution in [0.25, 0.3) is 6.08 Å². The Morgan fingerprint density at radius 1 is 1.17 bits per heavy atom. The van der Waals surface area contributed by atoms with Crippen LogP contribution in [0.3, 0.4) is 0 Å². The first-order valence-electron chi connectivity index (χ1n) is 8.00. The molecule has 1 aromatic carbocycles. The first kappa shape index (κ1) is 19.1. The van der Waals surface area contributed by atoms with Crippen LogP contribution in [-0.2, 0) is 9.31 Å². The summed E-state index contributed by atoms with van der Waals surface area (Å²) in [4.78, 5) is 11.3. The fourth-order valence-corrected chi connectivity index (χ4v) is 3.05. The Morgan fingerprint density at radius 2 is 1.62 bits per heavy atom. The van der Waals surface area contributed by atoms with Crippen molar-refractivity contribution in [3.63, 3.8) is 0 Å². The Kier molecular flexibility index (Phi) is 5.24. The molecule has 0 saturated carbocycles. The quantitative estimate of drug-likeness (QED) is 0.639. The second kappa shape index (κ2) is 6.58. The predicted molar refractivity (Wildman–Crippen MR) is 101 cm³/mol. The Hall–Kier alpha value is -1.24. The first-order valence-corrected chi connectivity index (χ1v) is 8.63. The van der Waals surface area contributed by atoms with Crippen LogP contribution in [0.2, 0.25) is 0 Å². The molecular weight excluding hydrogens is 323 g/mol. The molecule has 0 aliphatic carbocycles. The average Bonchev–Trinajstić information content (AvgIpc) is 2.63. The lowest BCUT2D eigenvalue weighted by Gasteiger charge is -2.32. The summed E-state index contributed by atoms with van der Waals surface area (Å²) in [6.45, 7) is 11.7. The minimum atomic E-state index is -0.902. The fraction of sp³-hybridized carbons (Fsp3) is 0.500. The summed E-state index contributed by atoms with van der Waals surface area (Å²) >= 11 is 4.42. The molecule has 24 heavy (non-hydrogen) atoms. The Bertz CT molecular complexity index is 655. The highest BCUT2D eigenvalue weighted by Crippen LogP contribution is 2.39. The number of hydrogen-bond donors (Lipinski definition) is 2. The van der Waals surface area contributed by atoms with Gasteiger partial charge in [0.1, 0.15) is 0 Å². The number of rotatable bonds is 4. The fourth-order valence-electron chi connectivity index (χ4n) is 2.81. The molecule has 0 radical (unpaired) electrons. The lowest BCUT2D eigenvalue weighted by atomic mass is 9.78. The van der Waals surface area contributed by atoms with Gasteiger partial charge in [0.05, 0.1) is 16.8 Å². The number of aryl methyl sites for hydroxylation is 2. The topological polar surface area (TPSA) is 55.8 Å². The lowest BCUT2D eigenvalue weighted by Crippen LogP contribution is -2.41. The van der Waals surface area contributed by atoms with Crippen LogP contribution in [0.1, 0.15) is 54.7 Å². The van der Waals surface area contributed by atoms with Crippen molar-refractivity contribution in [1.82, 2.24) is 0 Å². The molecule has 130 valence electrons. The lowest BCUT2D eigenvalue weighted by molar-refractivity contribution is 0.00578. The zero-order valence-electron chi connectivity index (χ0n) is 15.1. The van der Waals surface area contributed by atoms with Crippen molar-refractivity contribution in [2.24, 2.45) is 0 Å². The summed E-state index contributed by atoms with van der Waals surface area (Å²) < 4.78 is 12.2. The van der Waals surface area contributed by atoms with Gasteiger partial charge in [0.15, 0.2) is 0 Å². The number of carboxylic acid groups (broad SMARTS) is 1. The molecule has 1 heterocycles. The summed E-state index contributed by atoms with van der Waals surface area (Å²) in [6, 6.07) is 3.73.